The molecule has 4 nitrogen and oxygen atoms in total. The van der Waals surface area contributed by atoms with E-state index in [0.717, 1.165) is 44.6 Å². The summed E-state index contributed by atoms with van der Waals surface area (Å²) in [5, 5.41) is 0. The fourth-order valence-electron chi connectivity index (χ4n) is 3.84. The fourth-order valence-corrected chi connectivity index (χ4v) is 3.84. The molecule has 0 radical (unpaired) electrons. The summed E-state index contributed by atoms with van der Waals surface area (Å²) in [5.74, 6) is 0.795. The van der Waals surface area contributed by atoms with E-state index in [1.807, 2.05) is 34.1 Å². The first-order valence-electron chi connectivity index (χ1n) is 8.22. The Morgan fingerprint density at radius 2 is 1.91 bits per heavy atom. The Labute approximate surface area is 131 Å². The molecule has 4 heteroatoms. The van der Waals surface area contributed by atoms with Crippen LogP contribution in [0.2, 0.25) is 0 Å². The predicted octanol–water partition coefficient (Wildman–Crippen LogP) is 2.36. The zero-order valence-corrected chi connectivity index (χ0v) is 13.0. The van der Waals surface area contributed by atoms with Gasteiger partial charge in [0, 0.05) is 43.1 Å². The Balaban J connectivity index is 1.50. The number of likely N-dealkylation sites (tertiary alicyclic amines) is 1. The number of benzene rings is 1. The van der Waals surface area contributed by atoms with Gasteiger partial charge in [-0.15, -0.1) is 0 Å². The number of anilines is 1. The van der Waals surface area contributed by atoms with Gasteiger partial charge in [0.2, 0.25) is 11.8 Å². The van der Waals surface area contributed by atoms with Crippen LogP contribution in [0.4, 0.5) is 5.69 Å². The van der Waals surface area contributed by atoms with Gasteiger partial charge in [0.05, 0.1) is 0 Å². The molecule has 22 heavy (non-hydrogen) atoms. The molecule has 0 aromatic heterocycles. The van der Waals surface area contributed by atoms with Crippen LogP contribution in [0, 0.1) is 18.3 Å². The Hall–Kier alpha value is -1.84. The molecule has 1 spiro atoms. The van der Waals surface area contributed by atoms with Gasteiger partial charge in [-0.1, -0.05) is 17.7 Å². The fraction of sp³-hybridized carbons (Fsp3) is 0.556. The van der Waals surface area contributed by atoms with E-state index < -0.39 is 0 Å². The zero-order valence-electron chi connectivity index (χ0n) is 13.0. The highest BCUT2D eigenvalue weighted by atomic mass is 16.2. The molecule has 2 amide bonds. The van der Waals surface area contributed by atoms with Gasteiger partial charge in [-0.05, 0) is 38.3 Å². The van der Waals surface area contributed by atoms with E-state index in [1.165, 1.54) is 5.56 Å². The van der Waals surface area contributed by atoms with Crippen LogP contribution in [-0.2, 0) is 9.59 Å². The molecule has 1 unspecified atom stereocenters. The van der Waals surface area contributed by atoms with E-state index in [-0.39, 0.29) is 17.2 Å². The molecule has 2 heterocycles. The number of nitrogens with zero attached hydrogens (tertiary/aromatic N) is 2. The third kappa shape index (κ3) is 2.31. The minimum absolute atomic E-state index is 0.0213. The van der Waals surface area contributed by atoms with Crippen molar-refractivity contribution in [2.45, 2.75) is 32.6 Å². The maximum Gasteiger partial charge on any atom is 0.227 e. The van der Waals surface area contributed by atoms with Crippen LogP contribution in [0.15, 0.2) is 24.3 Å². The second kappa shape index (κ2) is 4.83. The molecule has 1 aliphatic carbocycles. The Bertz CT molecular complexity index is 620. The molecule has 116 valence electrons. The maximum atomic E-state index is 12.5. The summed E-state index contributed by atoms with van der Waals surface area (Å²) in [6.45, 7) is 4.39. The van der Waals surface area contributed by atoms with Crippen molar-refractivity contribution in [2.75, 3.05) is 24.5 Å². The van der Waals surface area contributed by atoms with Crippen LogP contribution in [0.1, 0.15) is 31.2 Å². The molecule has 1 saturated carbocycles. The number of hydrogen-bond donors (Lipinski definition) is 0. The number of rotatable bonds is 2. The molecule has 2 saturated heterocycles. The Morgan fingerprint density at radius 1 is 1.18 bits per heavy atom. The largest absolute Gasteiger partial charge is 0.342 e. The van der Waals surface area contributed by atoms with Gasteiger partial charge >= 0.3 is 0 Å². The van der Waals surface area contributed by atoms with Crippen LogP contribution < -0.4 is 4.90 Å². The van der Waals surface area contributed by atoms with Crippen molar-refractivity contribution >= 4 is 17.5 Å². The normalized spacial score (nSPS) is 28.0. The van der Waals surface area contributed by atoms with Gasteiger partial charge < -0.3 is 9.80 Å². The maximum absolute atomic E-state index is 12.5. The van der Waals surface area contributed by atoms with E-state index in [1.54, 1.807) is 0 Å². The standard InChI is InChI=1S/C18H22N2O2/c1-13-2-6-15(7-3-13)20-12-18(10-16(20)21)8-9-19(11-18)17(22)14-4-5-14/h2-3,6-7,14H,4-5,8-12H2,1H3. The highest BCUT2D eigenvalue weighted by Gasteiger charge is 2.50. The number of aryl methyl sites for hydroxylation is 1. The van der Waals surface area contributed by atoms with E-state index in [0.29, 0.717) is 12.3 Å². The summed E-state index contributed by atoms with van der Waals surface area (Å²) in [4.78, 5) is 28.6. The average molecular weight is 298 g/mol. The smallest absolute Gasteiger partial charge is 0.227 e. The Morgan fingerprint density at radius 3 is 2.59 bits per heavy atom. The number of amides is 2. The molecule has 2 aliphatic heterocycles. The van der Waals surface area contributed by atoms with Gasteiger partial charge in [-0.3, -0.25) is 9.59 Å². The lowest BCUT2D eigenvalue weighted by Crippen LogP contribution is -2.34. The average Bonchev–Trinajstić information content (AvgIpc) is 3.20. The molecular formula is C18H22N2O2. The van der Waals surface area contributed by atoms with Crippen LogP contribution >= 0.6 is 0 Å². The molecule has 4 rings (SSSR count). The quantitative estimate of drug-likeness (QED) is 0.841. The van der Waals surface area contributed by atoms with Gasteiger partial charge in [-0.25, -0.2) is 0 Å². The molecule has 1 atom stereocenters. The lowest BCUT2D eigenvalue weighted by atomic mass is 9.86. The van der Waals surface area contributed by atoms with Crippen molar-refractivity contribution in [3.63, 3.8) is 0 Å². The van der Waals surface area contributed by atoms with Crippen molar-refractivity contribution in [3.05, 3.63) is 29.8 Å². The highest BCUT2D eigenvalue weighted by Crippen LogP contribution is 2.43. The van der Waals surface area contributed by atoms with Crippen molar-refractivity contribution in [1.29, 1.82) is 0 Å². The second-order valence-electron chi connectivity index (χ2n) is 7.28. The third-order valence-electron chi connectivity index (χ3n) is 5.34. The van der Waals surface area contributed by atoms with Crippen molar-refractivity contribution in [1.82, 2.24) is 4.90 Å². The first kappa shape index (κ1) is 13.8. The van der Waals surface area contributed by atoms with E-state index in [9.17, 15) is 9.59 Å². The minimum Gasteiger partial charge on any atom is -0.342 e. The Kier molecular flexibility index (Phi) is 3.03. The molecule has 3 fully saturated rings. The lowest BCUT2D eigenvalue weighted by Gasteiger charge is -2.24. The summed E-state index contributed by atoms with van der Waals surface area (Å²) in [5.41, 5.74) is 2.17. The first-order valence-corrected chi connectivity index (χ1v) is 8.22. The van der Waals surface area contributed by atoms with Crippen molar-refractivity contribution < 1.29 is 9.59 Å². The molecule has 3 aliphatic rings. The molecular weight excluding hydrogens is 276 g/mol. The summed E-state index contributed by atoms with van der Waals surface area (Å²) in [6, 6.07) is 8.14. The van der Waals surface area contributed by atoms with Gasteiger partial charge in [0.1, 0.15) is 0 Å². The van der Waals surface area contributed by atoms with Crippen molar-refractivity contribution in [3.8, 4) is 0 Å². The lowest BCUT2D eigenvalue weighted by molar-refractivity contribution is -0.132. The summed E-state index contributed by atoms with van der Waals surface area (Å²) >= 11 is 0. The third-order valence-corrected chi connectivity index (χ3v) is 5.34. The number of carbonyl (C=O) groups excluding carboxylic acids is 2. The number of hydrogen-bond acceptors (Lipinski definition) is 2. The van der Waals surface area contributed by atoms with Crippen LogP contribution in [-0.4, -0.2) is 36.3 Å². The molecule has 1 aromatic rings. The minimum atomic E-state index is -0.0213. The SMILES string of the molecule is Cc1ccc(N2CC3(CCN(C(=O)C4CC4)C3)CC2=O)cc1. The zero-order chi connectivity index (χ0) is 15.3. The highest BCUT2D eigenvalue weighted by molar-refractivity contribution is 5.96. The van der Waals surface area contributed by atoms with Crippen LogP contribution in [0.5, 0.6) is 0 Å². The van der Waals surface area contributed by atoms with Crippen LogP contribution in [0.25, 0.3) is 0 Å². The predicted molar refractivity (Wildman–Crippen MR) is 84.5 cm³/mol. The van der Waals surface area contributed by atoms with Crippen LogP contribution in [0.3, 0.4) is 0 Å². The van der Waals surface area contributed by atoms with E-state index >= 15 is 0 Å². The van der Waals surface area contributed by atoms with E-state index in [4.69, 9.17) is 0 Å². The molecule has 0 bridgehead atoms. The van der Waals surface area contributed by atoms with Gasteiger partial charge in [0.25, 0.3) is 0 Å². The van der Waals surface area contributed by atoms with Gasteiger partial charge in [0.15, 0.2) is 0 Å². The first-order chi connectivity index (χ1) is 10.6. The summed E-state index contributed by atoms with van der Waals surface area (Å²) in [7, 11) is 0. The second-order valence-corrected chi connectivity index (χ2v) is 7.28. The summed E-state index contributed by atoms with van der Waals surface area (Å²) < 4.78 is 0. The van der Waals surface area contributed by atoms with Crippen molar-refractivity contribution in [2.24, 2.45) is 11.3 Å². The monoisotopic (exact) mass is 298 g/mol. The molecule has 1 aromatic carbocycles. The molecule has 0 N–H and O–H groups in total. The van der Waals surface area contributed by atoms with E-state index in [2.05, 4.69) is 6.92 Å². The van der Waals surface area contributed by atoms with Gasteiger partial charge in [-0.2, -0.15) is 0 Å². The summed E-state index contributed by atoms with van der Waals surface area (Å²) in [6.07, 6.45) is 3.64. The topological polar surface area (TPSA) is 40.6 Å². The number of carbonyl (C=O) groups is 2.